The first kappa shape index (κ1) is 22.6. The van der Waals surface area contributed by atoms with E-state index in [1.165, 1.54) is 7.11 Å². The zero-order valence-electron chi connectivity index (χ0n) is 16.6. The molecule has 1 N–H and O–H groups in total. The Hall–Kier alpha value is -2.71. The molecule has 0 aromatic heterocycles. The molecule has 0 saturated heterocycles. The molecule has 2 aromatic rings. The summed E-state index contributed by atoms with van der Waals surface area (Å²) in [4.78, 5) is 17.0. The Balaban J connectivity index is 1.95. The minimum Gasteiger partial charge on any atom is -0.399 e. The number of hydrogen-bond donors (Lipinski definition) is 1. The summed E-state index contributed by atoms with van der Waals surface area (Å²) in [6, 6.07) is 14.6. The Bertz CT molecular complexity index is 927. The monoisotopic (exact) mass is 418 g/mol. The molecule has 0 aliphatic rings. The lowest BCUT2D eigenvalue weighted by Gasteiger charge is -2.11. The fourth-order valence-electron chi connectivity index (χ4n) is 2.57. The maximum Gasteiger partial charge on any atom is 0.271 e. The van der Waals surface area contributed by atoms with E-state index in [0.29, 0.717) is 30.5 Å². The van der Waals surface area contributed by atoms with Gasteiger partial charge in [0.15, 0.2) is 0 Å². The summed E-state index contributed by atoms with van der Waals surface area (Å²) in [5, 5.41) is 6.42. The minimum atomic E-state index is -3.76. The van der Waals surface area contributed by atoms with Gasteiger partial charge >= 0.3 is 0 Å². The van der Waals surface area contributed by atoms with Crippen LogP contribution in [0, 0.1) is 6.92 Å². The lowest BCUT2D eigenvalue weighted by atomic mass is 10.1. The average molecular weight is 419 g/mol. The third-order valence-electron chi connectivity index (χ3n) is 4.16. The fraction of sp³-hybridized carbons (Fsp3) is 0.333. The van der Waals surface area contributed by atoms with E-state index in [-0.39, 0.29) is 18.3 Å². The molecule has 0 bridgehead atoms. The number of carbonyl (C=O) groups excluding carboxylic acids is 1. The first-order chi connectivity index (χ1) is 13.9. The number of aryl methyl sites for hydroxylation is 1. The van der Waals surface area contributed by atoms with Gasteiger partial charge in [-0.3, -0.25) is 8.98 Å². The Morgan fingerprint density at radius 1 is 1.17 bits per heavy atom. The third kappa shape index (κ3) is 8.05. The molecule has 0 unspecified atom stereocenters. The van der Waals surface area contributed by atoms with Gasteiger partial charge in [0, 0.05) is 18.3 Å². The number of amides is 1. The number of carbonyl (C=O) groups is 1. The largest absolute Gasteiger partial charge is 0.399 e. The summed E-state index contributed by atoms with van der Waals surface area (Å²) < 4.78 is 29.5. The molecular weight excluding hydrogens is 392 g/mol. The van der Waals surface area contributed by atoms with Gasteiger partial charge in [-0.15, -0.1) is 0 Å². The highest BCUT2D eigenvalue weighted by Gasteiger charge is 2.16. The maximum atomic E-state index is 12.4. The van der Waals surface area contributed by atoms with Crippen LogP contribution in [0.5, 0.6) is 0 Å². The molecular formula is C21H26N2O5S. The summed E-state index contributed by atoms with van der Waals surface area (Å²) in [5.74, 6) is -0.545. The number of oxime groups is 1. The second kappa shape index (κ2) is 11.3. The number of unbranched alkanes of at least 4 members (excludes halogenated alkanes) is 1. The highest BCUT2D eigenvalue weighted by atomic mass is 32.2. The molecule has 0 aliphatic heterocycles. The Labute approximate surface area is 171 Å². The van der Waals surface area contributed by atoms with Crippen LogP contribution in [0.1, 0.15) is 39.9 Å². The fourth-order valence-corrected chi connectivity index (χ4v) is 3.72. The molecule has 0 radical (unpaired) electrons. The van der Waals surface area contributed by atoms with Crippen molar-refractivity contribution in [3.8, 4) is 0 Å². The van der Waals surface area contributed by atoms with Crippen LogP contribution in [0.2, 0.25) is 0 Å². The lowest BCUT2D eigenvalue weighted by molar-refractivity contribution is 0.0950. The minimum absolute atomic E-state index is 0.0639. The molecule has 0 spiro atoms. The second-order valence-corrected chi connectivity index (χ2v) is 8.09. The van der Waals surface area contributed by atoms with E-state index in [1.54, 1.807) is 31.3 Å². The van der Waals surface area contributed by atoms with Crippen molar-refractivity contribution >= 4 is 22.2 Å². The highest BCUT2D eigenvalue weighted by Crippen LogP contribution is 2.16. The third-order valence-corrected chi connectivity index (χ3v) is 5.35. The van der Waals surface area contributed by atoms with Crippen LogP contribution in [-0.4, -0.2) is 34.3 Å². The molecule has 1 amide bonds. The van der Waals surface area contributed by atoms with E-state index in [9.17, 15) is 13.2 Å². The van der Waals surface area contributed by atoms with Gasteiger partial charge in [-0.1, -0.05) is 41.6 Å². The zero-order chi connectivity index (χ0) is 21.1. The van der Waals surface area contributed by atoms with Crippen molar-refractivity contribution < 1.29 is 22.2 Å². The van der Waals surface area contributed by atoms with Crippen LogP contribution >= 0.6 is 0 Å². The molecule has 0 aliphatic carbocycles. The van der Waals surface area contributed by atoms with Gasteiger partial charge in [0.2, 0.25) is 0 Å². The number of benzene rings is 2. The first-order valence-electron chi connectivity index (χ1n) is 9.25. The van der Waals surface area contributed by atoms with Gasteiger partial charge in [0.1, 0.15) is 12.9 Å². The van der Waals surface area contributed by atoms with Crippen LogP contribution in [0.3, 0.4) is 0 Å². The van der Waals surface area contributed by atoms with Crippen LogP contribution in [0.15, 0.2) is 53.7 Å². The normalized spacial score (nSPS) is 11.5. The standard InChI is InChI=1S/C21H26N2O5S/c1-17-10-11-19(21(24)22-15-18-8-4-3-5-9-18)14-20(17)16-29(25,26)28-13-7-6-12-23-27-2/h3-5,8-12,14H,6-7,13,15-16H2,1-2H3,(H,22,24). The number of nitrogens with one attached hydrogen (secondary N) is 1. The predicted octanol–water partition coefficient (Wildman–Crippen LogP) is 3.18. The summed E-state index contributed by atoms with van der Waals surface area (Å²) in [6.07, 6.45) is 2.62. The highest BCUT2D eigenvalue weighted by molar-refractivity contribution is 7.85. The number of hydrogen-bond acceptors (Lipinski definition) is 6. The van der Waals surface area contributed by atoms with Crippen LogP contribution < -0.4 is 5.32 Å². The van der Waals surface area contributed by atoms with Gasteiger partial charge < -0.3 is 10.2 Å². The van der Waals surface area contributed by atoms with Gasteiger partial charge in [0.05, 0.1) is 6.61 Å². The molecule has 0 saturated carbocycles. The topological polar surface area (TPSA) is 94.1 Å². The molecule has 0 fully saturated rings. The lowest BCUT2D eigenvalue weighted by Crippen LogP contribution is -2.23. The quantitative estimate of drug-likeness (QED) is 0.262. The van der Waals surface area contributed by atoms with Crippen LogP contribution in [-0.2, 0) is 31.4 Å². The number of rotatable bonds is 11. The predicted molar refractivity (Wildman–Crippen MR) is 112 cm³/mol. The van der Waals surface area contributed by atoms with Crippen molar-refractivity contribution in [2.24, 2.45) is 5.16 Å². The first-order valence-corrected chi connectivity index (χ1v) is 10.8. The molecule has 8 heteroatoms. The summed E-state index contributed by atoms with van der Waals surface area (Å²) in [6.45, 7) is 2.27. The molecule has 156 valence electrons. The SMILES string of the molecule is CON=CCCCOS(=O)(=O)Cc1cc(C(=O)NCc2ccccc2)ccc1C. The maximum absolute atomic E-state index is 12.4. The molecule has 2 aromatic carbocycles. The average Bonchev–Trinajstić information content (AvgIpc) is 2.71. The van der Waals surface area contributed by atoms with Crippen LogP contribution in [0.4, 0.5) is 0 Å². The van der Waals surface area contributed by atoms with Crippen molar-refractivity contribution in [1.82, 2.24) is 5.32 Å². The van der Waals surface area contributed by atoms with Crippen molar-refractivity contribution in [2.45, 2.75) is 32.1 Å². The number of nitrogens with zero attached hydrogens (tertiary/aromatic N) is 1. The van der Waals surface area contributed by atoms with Crippen molar-refractivity contribution in [1.29, 1.82) is 0 Å². The summed E-state index contributed by atoms with van der Waals surface area (Å²) >= 11 is 0. The Morgan fingerprint density at radius 3 is 2.66 bits per heavy atom. The van der Waals surface area contributed by atoms with Crippen molar-refractivity contribution in [3.63, 3.8) is 0 Å². The van der Waals surface area contributed by atoms with E-state index in [2.05, 4.69) is 15.3 Å². The van der Waals surface area contributed by atoms with E-state index in [0.717, 1.165) is 11.1 Å². The van der Waals surface area contributed by atoms with Crippen molar-refractivity contribution in [3.05, 3.63) is 70.8 Å². The molecule has 0 heterocycles. The van der Waals surface area contributed by atoms with E-state index >= 15 is 0 Å². The van der Waals surface area contributed by atoms with Gasteiger partial charge in [-0.05, 0) is 48.6 Å². The Morgan fingerprint density at radius 2 is 1.93 bits per heavy atom. The van der Waals surface area contributed by atoms with Gasteiger partial charge in [0.25, 0.3) is 16.0 Å². The summed E-state index contributed by atoms with van der Waals surface area (Å²) in [5.41, 5.74) is 2.72. The van der Waals surface area contributed by atoms with E-state index in [1.807, 2.05) is 30.3 Å². The molecule has 0 atom stereocenters. The van der Waals surface area contributed by atoms with Crippen molar-refractivity contribution in [2.75, 3.05) is 13.7 Å². The molecule has 7 nitrogen and oxygen atoms in total. The molecule has 29 heavy (non-hydrogen) atoms. The zero-order valence-corrected chi connectivity index (χ0v) is 17.4. The summed E-state index contributed by atoms with van der Waals surface area (Å²) in [7, 11) is -2.31. The second-order valence-electron chi connectivity index (χ2n) is 6.45. The van der Waals surface area contributed by atoms with E-state index in [4.69, 9.17) is 4.18 Å². The van der Waals surface area contributed by atoms with E-state index < -0.39 is 10.1 Å². The Kier molecular flexibility index (Phi) is 8.82. The van der Waals surface area contributed by atoms with Gasteiger partial charge in [-0.2, -0.15) is 8.42 Å². The van der Waals surface area contributed by atoms with Gasteiger partial charge in [-0.25, -0.2) is 0 Å². The smallest absolute Gasteiger partial charge is 0.271 e. The van der Waals surface area contributed by atoms with Crippen LogP contribution in [0.25, 0.3) is 0 Å². The molecule has 2 rings (SSSR count).